The van der Waals surface area contributed by atoms with Crippen LogP contribution < -0.4 is 5.32 Å². The highest BCUT2D eigenvalue weighted by atomic mass is 19.1. The third-order valence-electron chi connectivity index (χ3n) is 4.91. The van der Waals surface area contributed by atoms with Crippen LogP contribution in [0.25, 0.3) is 6.08 Å². The number of anilines is 1. The standard InChI is InChI=1S/C19H23FN2O2/c1-13-16(10-17(20)11-18(13)21-12-23)8-15-4-6-22(7-5-15)19(24)9-14-2-3-14/h8,10-12,14H,2-7,9H2,1H3,(H,21,23). The first-order valence-corrected chi connectivity index (χ1v) is 8.54. The lowest BCUT2D eigenvalue weighted by molar-refractivity contribution is -0.132. The highest BCUT2D eigenvalue weighted by molar-refractivity contribution is 5.78. The number of piperidine rings is 1. The molecule has 1 saturated heterocycles. The van der Waals surface area contributed by atoms with Gasteiger partial charge in [0.1, 0.15) is 5.82 Å². The number of nitrogens with one attached hydrogen (secondary N) is 1. The molecule has 1 heterocycles. The molecule has 2 fully saturated rings. The fourth-order valence-corrected chi connectivity index (χ4v) is 3.17. The van der Waals surface area contributed by atoms with Crippen molar-refractivity contribution in [3.63, 3.8) is 0 Å². The number of halogens is 1. The van der Waals surface area contributed by atoms with Crippen LogP contribution in [0.5, 0.6) is 0 Å². The summed E-state index contributed by atoms with van der Waals surface area (Å²) in [7, 11) is 0. The fourth-order valence-electron chi connectivity index (χ4n) is 3.17. The SMILES string of the molecule is Cc1c(C=C2CCN(C(=O)CC3CC3)CC2)cc(F)cc1NC=O. The lowest BCUT2D eigenvalue weighted by Crippen LogP contribution is -2.36. The van der Waals surface area contributed by atoms with Crippen molar-refractivity contribution in [2.45, 2.75) is 39.0 Å². The molecule has 0 radical (unpaired) electrons. The molecular formula is C19H23FN2O2. The lowest BCUT2D eigenvalue weighted by Gasteiger charge is -2.29. The van der Waals surface area contributed by atoms with E-state index in [4.69, 9.17) is 0 Å². The molecule has 5 heteroatoms. The maximum absolute atomic E-state index is 13.7. The predicted octanol–water partition coefficient (Wildman–Crippen LogP) is 3.51. The van der Waals surface area contributed by atoms with Crippen molar-refractivity contribution in [1.82, 2.24) is 4.90 Å². The van der Waals surface area contributed by atoms with Gasteiger partial charge in [-0.15, -0.1) is 0 Å². The van der Waals surface area contributed by atoms with Gasteiger partial charge in [0, 0.05) is 25.2 Å². The summed E-state index contributed by atoms with van der Waals surface area (Å²) in [5.41, 5.74) is 3.35. The first-order chi connectivity index (χ1) is 11.6. The van der Waals surface area contributed by atoms with Gasteiger partial charge in [-0.1, -0.05) is 11.6 Å². The van der Waals surface area contributed by atoms with E-state index >= 15 is 0 Å². The Bertz CT molecular complexity index is 670. The molecule has 1 saturated carbocycles. The van der Waals surface area contributed by atoms with Crippen LogP contribution in [0.15, 0.2) is 17.7 Å². The number of hydrogen-bond acceptors (Lipinski definition) is 2. The number of rotatable bonds is 5. The number of nitrogens with zero attached hydrogens (tertiary/aromatic N) is 1. The maximum Gasteiger partial charge on any atom is 0.222 e. The van der Waals surface area contributed by atoms with Crippen LogP contribution in [0.3, 0.4) is 0 Å². The molecule has 3 rings (SSSR count). The Balaban J connectivity index is 1.67. The molecular weight excluding hydrogens is 307 g/mol. The zero-order valence-corrected chi connectivity index (χ0v) is 14.0. The Morgan fingerprint density at radius 3 is 2.67 bits per heavy atom. The summed E-state index contributed by atoms with van der Waals surface area (Å²) in [6, 6.07) is 2.81. The van der Waals surface area contributed by atoms with Gasteiger partial charge in [0.05, 0.1) is 0 Å². The molecule has 4 nitrogen and oxygen atoms in total. The van der Waals surface area contributed by atoms with E-state index in [1.807, 2.05) is 17.9 Å². The summed E-state index contributed by atoms with van der Waals surface area (Å²) in [5.74, 6) is 0.526. The van der Waals surface area contributed by atoms with E-state index in [9.17, 15) is 14.0 Å². The minimum atomic E-state index is -0.367. The van der Waals surface area contributed by atoms with Crippen molar-refractivity contribution in [2.24, 2.45) is 5.92 Å². The molecule has 24 heavy (non-hydrogen) atoms. The Labute approximate surface area is 141 Å². The molecule has 0 unspecified atom stereocenters. The maximum atomic E-state index is 13.7. The van der Waals surface area contributed by atoms with Gasteiger partial charge in [-0.2, -0.15) is 0 Å². The van der Waals surface area contributed by atoms with Crippen LogP contribution in [0.4, 0.5) is 10.1 Å². The monoisotopic (exact) mass is 330 g/mol. The second kappa shape index (κ2) is 7.16. The van der Waals surface area contributed by atoms with Gasteiger partial charge in [-0.25, -0.2) is 4.39 Å². The summed E-state index contributed by atoms with van der Waals surface area (Å²) in [5, 5.41) is 2.54. The summed E-state index contributed by atoms with van der Waals surface area (Å²) < 4.78 is 13.7. The Kier molecular flexibility index (Phi) is 4.97. The van der Waals surface area contributed by atoms with Gasteiger partial charge < -0.3 is 10.2 Å². The van der Waals surface area contributed by atoms with Crippen LogP contribution in [-0.4, -0.2) is 30.3 Å². The number of carbonyl (C=O) groups excluding carboxylic acids is 2. The Morgan fingerprint density at radius 2 is 2.04 bits per heavy atom. The Morgan fingerprint density at radius 1 is 1.33 bits per heavy atom. The van der Waals surface area contributed by atoms with E-state index in [2.05, 4.69) is 5.32 Å². The van der Waals surface area contributed by atoms with Crippen molar-refractivity contribution in [2.75, 3.05) is 18.4 Å². The van der Waals surface area contributed by atoms with Crippen molar-refractivity contribution < 1.29 is 14.0 Å². The minimum Gasteiger partial charge on any atom is -0.342 e. The van der Waals surface area contributed by atoms with Crippen LogP contribution in [-0.2, 0) is 9.59 Å². The van der Waals surface area contributed by atoms with Crippen LogP contribution in [0.2, 0.25) is 0 Å². The highest BCUT2D eigenvalue weighted by Crippen LogP contribution is 2.33. The quantitative estimate of drug-likeness (QED) is 0.840. The summed E-state index contributed by atoms with van der Waals surface area (Å²) >= 11 is 0. The predicted molar refractivity (Wildman–Crippen MR) is 92.0 cm³/mol. The summed E-state index contributed by atoms with van der Waals surface area (Å²) in [4.78, 5) is 24.7. The number of carbonyl (C=O) groups is 2. The number of hydrogen-bond donors (Lipinski definition) is 1. The molecule has 0 aromatic heterocycles. The first kappa shape index (κ1) is 16.7. The van der Waals surface area contributed by atoms with Crippen molar-refractivity contribution in [1.29, 1.82) is 0 Å². The van der Waals surface area contributed by atoms with E-state index in [-0.39, 0.29) is 11.7 Å². The van der Waals surface area contributed by atoms with Crippen molar-refractivity contribution in [3.05, 3.63) is 34.6 Å². The normalized spacial score (nSPS) is 17.6. The van der Waals surface area contributed by atoms with E-state index < -0.39 is 0 Å². The summed E-state index contributed by atoms with van der Waals surface area (Å²) in [6.07, 6.45) is 7.29. The molecule has 0 atom stereocenters. The number of amides is 2. The third-order valence-corrected chi connectivity index (χ3v) is 4.91. The molecule has 1 aromatic rings. The van der Waals surface area contributed by atoms with Crippen molar-refractivity contribution in [3.8, 4) is 0 Å². The number of benzene rings is 1. The van der Waals surface area contributed by atoms with E-state index in [0.29, 0.717) is 24.4 Å². The molecule has 0 bridgehead atoms. The van der Waals surface area contributed by atoms with Gasteiger partial charge >= 0.3 is 0 Å². The zero-order chi connectivity index (χ0) is 17.1. The zero-order valence-electron chi connectivity index (χ0n) is 14.0. The summed E-state index contributed by atoms with van der Waals surface area (Å²) in [6.45, 7) is 3.35. The molecule has 128 valence electrons. The second-order valence-corrected chi connectivity index (χ2v) is 6.76. The number of likely N-dealkylation sites (tertiary alicyclic amines) is 1. The first-order valence-electron chi connectivity index (χ1n) is 8.54. The molecule has 2 amide bonds. The smallest absolute Gasteiger partial charge is 0.222 e. The van der Waals surface area contributed by atoms with Gasteiger partial charge in [0.15, 0.2) is 0 Å². The fraction of sp³-hybridized carbons (Fsp3) is 0.474. The van der Waals surface area contributed by atoms with Crippen LogP contribution in [0.1, 0.15) is 43.2 Å². The van der Waals surface area contributed by atoms with E-state index in [0.717, 1.165) is 37.1 Å². The third kappa shape index (κ3) is 4.02. The molecule has 2 aliphatic rings. The minimum absolute atomic E-state index is 0.274. The Hall–Kier alpha value is -2.17. The molecule has 0 spiro atoms. The lowest BCUT2D eigenvalue weighted by atomic mass is 9.97. The van der Waals surface area contributed by atoms with Gasteiger partial charge in [0.2, 0.25) is 12.3 Å². The van der Waals surface area contributed by atoms with Crippen LogP contribution in [0, 0.1) is 18.7 Å². The average Bonchev–Trinajstić information content (AvgIpc) is 3.36. The highest BCUT2D eigenvalue weighted by Gasteiger charge is 2.28. The largest absolute Gasteiger partial charge is 0.342 e. The van der Waals surface area contributed by atoms with Gasteiger partial charge in [-0.3, -0.25) is 9.59 Å². The molecule has 1 N–H and O–H groups in total. The van der Waals surface area contributed by atoms with Crippen molar-refractivity contribution >= 4 is 24.1 Å². The van der Waals surface area contributed by atoms with Gasteiger partial charge in [0.25, 0.3) is 0 Å². The second-order valence-electron chi connectivity index (χ2n) is 6.76. The molecule has 1 aromatic carbocycles. The van der Waals surface area contributed by atoms with Crippen LogP contribution >= 0.6 is 0 Å². The topological polar surface area (TPSA) is 49.4 Å². The van der Waals surface area contributed by atoms with E-state index in [1.165, 1.54) is 30.5 Å². The molecule has 1 aliphatic carbocycles. The van der Waals surface area contributed by atoms with Gasteiger partial charge in [-0.05, 0) is 61.8 Å². The van der Waals surface area contributed by atoms with E-state index in [1.54, 1.807) is 0 Å². The molecule has 1 aliphatic heterocycles. The average molecular weight is 330 g/mol.